The number of likely N-dealkylation sites (tertiary alicyclic amines) is 1. The SMILES string of the molecule is COc1cccc([C@@]23CCN(CC4CC4)C[C@@H]2Cc2cc4ccccc4nc2C3)c1. The van der Waals surface area contributed by atoms with E-state index in [0.717, 1.165) is 30.0 Å². The molecule has 3 aliphatic rings. The Morgan fingerprint density at radius 3 is 2.87 bits per heavy atom. The number of ether oxygens (including phenoxy) is 1. The van der Waals surface area contributed by atoms with Gasteiger partial charge >= 0.3 is 0 Å². The monoisotopic (exact) mass is 398 g/mol. The lowest BCUT2D eigenvalue weighted by molar-refractivity contribution is 0.0777. The molecule has 0 bridgehead atoms. The van der Waals surface area contributed by atoms with Crippen LogP contribution >= 0.6 is 0 Å². The van der Waals surface area contributed by atoms with Crippen LogP contribution in [-0.4, -0.2) is 36.6 Å². The third-order valence-corrected chi connectivity index (χ3v) is 7.83. The minimum Gasteiger partial charge on any atom is -0.497 e. The van der Waals surface area contributed by atoms with Crippen molar-refractivity contribution in [1.29, 1.82) is 0 Å². The van der Waals surface area contributed by atoms with Crippen LogP contribution in [-0.2, 0) is 18.3 Å². The third kappa shape index (κ3) is 3.11. The molecule has 6 rings (SSSR count). The predicted octanol–water partition coefficient (Wildman–Crippen LogP) is 5.01. The van der Waals surface area contributed by atoms with E-state index < -0.39 is 0 Å². The summed E-state index contributed by atoms with van der Waals surface area (Å²) in [5.74, 6) is 2.56. The van der Waals surface area contributed by atoms with Crippen molar-refractivity contribution < 1.29 is 4.74 Å². The first-order chi connectivity index (χ1) is 14.7. The van der Waals surface area contributed by atoms with Crippen LogP contribution in [0, 0.1) is 11.8 Å². The van der Waals surface area contributed by atoms with Gasteiger partial charge in [0.05, 0.1) is 12.6 Å². The van der Waals surface area contributed by atoms with E-state index >= 15 is 0 Å². The maximum atomic E-state index is 5.61. The van der Waals surface area contributed by atoms with E-state index in [0.29, 0.717) is 5.92 Å². The fraction of sp³-hybridized carbons (Fsp3) is 0.444. The summed E-state index contributed by atoms with van der Waals surface area (Å²) in [7, 11) is 1.77. The molecule has 0 spiro atoms. The number of fused-ring (bicyclic) bond motifs is 3. The molecule has 154 valence electrons. The van der Waals surface area contributed by atoms with Crippen LogP contribution in [0.3, 0.4) is 0 Å². The van der Waals surface area contributed by atoms with Gasteiger partial charge in [0.15, 0.2) is 0 Å². The van der Waals surface area contributed by atoms with E-state index in [2.05, 4.69) is 59.5 Å². The molecular weight excluding hydrogens is 368 g/mol. The van der Waals surface area contributed by atoms with Gasteiger partial charge in [0, 0.05) is 36.0 Å². The van der Waals surface area contributed by atoms with Gasteiger partial charge in [0.1, 0.15) is 5.75 Å². The summed E-state index contributed by atoms with van der Waals surface area (Å²) in [6, 6.07) is 19.8. The first-order valence-corrected chi connectivity index (χ1v) is 11.5. The number of benzene rings is 2. The van der Waals surface area contributed by atoms with Crippen LogP contribution in [0.15, 0.2) is 54.6 Å². The van der Waals surface area contributed by atoms with Gasteiger partial charge in [-0.3, -0.25) is 4.98 Å². The summed E-state index contributed by atoms with van der Waals surface area (Å²) in [4.78, 5) is 7.90. The topological polar surface area (TPSA) is 25.4 Å². The number of para-hydroxylation sites is 1. The van der Waals surface area contributed by atoms with Gasteiger partial charge in [-0.2, -0.15) is 0 Å². The standard InChI is InChI=1S/C27H30N2O/c1-30-24-7-4-6-22(15-24)27-11-12-29(17-19-9-10-19)18-23(27)14-21-13-20-5-2-3-8-25(20)28-26(21)16-27/h2-8,13,15,19,23H,9-12,14,16-18H2,1H3/t23-,27-/m0/s1. The van der Waals surface area contributed by atoms with Crippen molar-refractivity contribution in [2.24, 2.45) is 11.8 Å². The third-order valence-electron chi connectivity index (χ3n) is 7.83. The lowest BCUT2D eigenvalue weighted by Gasteiger charge is -2.51. The summed E-state index contributed by atoms with van der Waals surface area (Å²) in [5.41, 5.74) is 5.51. The first-order valence-electron chi connectivity index (χ1n) is 11.5. The normalized spacial score (nSPS) is 26.2. The van der Waals surface area contributed by atoms with Gasteiger partial charge in [-0.25, -0.2) is 0 Å². The molecule has 0 unspecified atom stereocenters. The summed E-state index contributed by atoms with van der Waals surface area (Å²) < 4.78 is 5.61. The minimum atomic E-state index is 0.164. The molecule has 2 atom stereocenters. The largest absolute Gasteiger partial charge is 0.497 e. The molecule has 1 saturated carbocycles. The molecule has 30 heavy (non-hydrogen) atoms. The van der Waals surface area contributed by atoms with Crippen molar-refractivity contribution in [1.82, 2.24) is 9.88 Å². The Bertz CT molecular complexity index is 1090. The zero-order chi connectivity index (χ0) is 20.1. The molecule has 0 N–H and O–H groups in total. The summed E-state index contributed by atoms with van der Waals surface area (Å²) in [5, 5.41) is 1.27. The molecule has 1 saturated heterocycles. The van der Waals surface area contributed by atoms with E-state index in [9.17, 15) is 0 Å². The van der Waals surface area contributed by atoms with Gasteiger partial charge in [-0.1, -0.05) is 30.3 Å². The summed E-state index contributed by atoms with van der Waals surface area (Å²) in [6.45, 7) is 3.71. The molecule has 1 aromatic heterocycles. The van der Waals surface area contributed by atoms with Crippen LogP contribution in [0.2, 0.25) is 0 Å². The number of hydrogen-bond acceptors (Lipinski definition) is 3. The first kappa shape index (κ1) is 18.4. The molecule has 2 aliphatic carbocycles. The van der Waals surface area contributed by atoms with Crippen molar-refractivity contribution in [3.05, 3.63) is 71.4 Å². The van der Waals surface area contributed by atoms with Crippen LogP contribution in [0.25, 0.3) is 10.9 Å². The Hall–Kier alpha value is -2.39. The van der Waals surface area contributed by atoms with Gasteiger partial charge in [0.2, 0.25) is 0 Å². The quantitative estimate of drug-likeness (QED) is 0.618. The Labute approximate surface area is 179 Å². The highest BCUT2D eigenvalue weighted by Crippen LogP contribution is 2.49. The smallest absolute Gasteiger partial charge is 0.119 e. The molecule has 0 amide bonds. The number of pyridine rings is 1. The number of aromatic nitrogens is 1. The van der Waals surface area contributed by atoms with E-state index in [-0.39, 0.29) is 5.41 Å². The van der Waals surface area contributed by atoms with Gasteiger partial charge < -0.3 is 9.64 Å². The summed E-state index contributed by atoms with van der Waals surface area (Å²) >= 11 is 0. The van der Waals surface area contributed by atoms with E-state index in [1.54, 1.807) is 7.11 Å². The van der Waals surface area contributed by atoms with Crippen molar-refractivity contribution >= 4 is 10.9 Å². The highest BCUT2D eigenvalue weighted by molar-refractivity contribution is 5.79. The maximum absolute atomic E-state index is 5.61. The van der Waals surface area contributed by atoms with E-state index in [4.69, 9.17) is 9.72 Å². The second-order valence-electron chi connectivity index (χ2n) is 9.71. The highest BCUT2D eigenvalue weighted by atomic mass is 16.5. The van der Waals surface area contributed by atoms with E-state index in [1.807, 2.05) is 0 Å². The predicted molar refractivity (Wildman–Crippen MR) is 121 cm³/mol. The number of hydrogen-bond donors (Lipinski definition) is 0. The van der Waals surface area contributed by atoms with Gasteiger partial charge in [0.25, 0.3) is 0 Å². The van der Waals surface area contributed by atoms with E-state index in [1.165, 1.54) is 61.1 Å². The van der Waals surface area contributed by atoms with Crippen molar-refractivity contribution in [3.63, 3.8) is 0 Å². The molecule has 3 heteroatoms. The summed E-state index contributed by atoms with van der Waals surface area (Å²) in [6.07, 6.45) is 6.25. The zero-order valence-corrected chi connectivity index (χ0v) is 17.8. The molecule has 3 nitrogen and oxygen atoms in total. The zero-order valence-electron chi connectivity index (χ0n) is 17.8. The number of methoxy groups -OCH3 is 1. The van der Waals surface area contributed by atoms with Crippen molar-refractivity contribution in [3.8, 4) is 5.75 Å². The number of rotatable bonds is 4. The van der Waals surface area contributed by atoms with Gasteiger partial charge in [-0.15, -0.1) is 0 Å². The minimum absolute atomic E-state index is 0.164. The molecule has 2 aromatic carbocycles. The molecule has 2 heterocycles. The molecule has 3 aromatic rings. The average molecular weight is 399 g/mol. The average Bonchev–Trinajstić information content (AvgIpc) is 3.60. The van der Waals surface area contributed by atoms with Crippen LogP contribution in [0.1, 0.15) is 36.1 Å². The Morgan fingerprint density at radius 1 is 1.10 bits per heavy atom. The molecule has 2 fully saturated rings. The lowest BCUT2D eigenvalue weighted by Crippen LogP contribution is -2.54. The Balaban J connectivity index is 1.43. The number of nitrogens with zero attached hydrogens (tertiary/aromatic N) is 2. The maximum Gasteiger partial charge on any atom is 0.119 e. The second-order valence-corrected chi connectivity index (χ2v) is 9.71. The highest BCUT2D eigenvalue weighted by Gasteiger charge is 2.48. The van der Waals surface area contributed by atoms with Crippen LogP contribution < -0.4 is 4.74 Å². The second kappa shape index (κ2) is 7.09. The molecular formula is C27H30N2O. The van der Waals surface area contributed by atoms with Gasteiger partial charge in [-0.05, 0) is 79.5 Å². The fourth-order valence-electron chi connectivity index (χ4n) is 5.97. The van der Waals surface area contributed by atoms with Crippen LogP contribution in [0.4, 0.5) is 0 Å². The molecule has 0 radical (unpaired) electrons. The lowest BCUT2D eigenvalue weighted by atomic mass is 9.58. The Morgan fingerprint density at radius 2 is 2.00 bits per heavy atom. The van der Waals surface area contributed by atoms with Crippen molar-refractivity contribution in [2.75, 3.05) is 26.7 Å². The number of piperidine rings is 1. The fourth-order valence-corrected chi connectivity index (χ4v) is 5.97. The van der Waals surface area contributed by atoms with Crippen LogP contribution in [0.5, 0.6) is 5.75 Å². The Kier molecular flexibility index (Phi) is 4.35. The molecule has 1 aliphatic heterocycles. The van der Waals surface area contributed by atoms with Crippen molar-refractivity contribution in [2.45, 2.75) is 37.5 Å².